The van der Waals surface area contributed by atoms with Crippen molar-refractivity contribution >= 4 is 50.9 Å². The van der Waals surface area contributed by atoms with Crippen LogP contribution >= 0.6 is 23.1 Å². The molecular weight excluding hydrogens is 452 g/mol. The number of benzene rings is 2. The molecule has 0 saturated heterocycles. The number of thioether (sulfide) groups is 1. The van der Waals surface area contributed by atoms with Gasteiger partial charge in [0.15, 0.2) is 0 Å². The largest absolute Gasteiger partial charge is 0.462 e. The van der Waals surface area contributed by atoms with Crippen molar-refractivity contribution in [2.75, 3.05) is 17.7 Å². The quantitative estimate of drug-likeness (QED) is 0.244. The highest BCUT2D eigenvalue weighted by atomic mass is 32.2. The van der Waals surface area contributed by atoms with Gasteiger partial charge in [-0.25, -0.2) is 9.78 Å². The van der Waals surface area contributed by atoms with Crippen LogP contribution in [0, 0.1) is 13.8 Å². The normalized spacial score (nSPS) is 10.9. The van der Waals surface area contributed by atoms with Crippen molar-refractivity contribution in [1.29, 1.82) is 0 Å². The SMILES string of the molecule is CCOC(=O)c1cc(-c2ccccc2)sc1NC(=O)CSc1cc(C)c2cccc(C)c2n1. The van der Waals surface area contributed by atoms with Crippen LogP contribution in [0.1, 0.15) is 28.4 Å². The van der Waals surface area contributed by atoms with E-state index in [0.29, 0.717) is 10.6 Å². The minimum absolute atomic E-state index is 0.185. The van der Waals surface area contributed by atoms with E-state index in [-0.39, 0.29) is 18.3 Å². The van der Waals surface area contributed by atoms with E-state index in [4.69, 9.17) is 9.72 Å². The zero-order valence-electron chi connectivity index (χ0n) is 18.7. The Morgan fingerprint density at radius 3 is 2.58 bits per heavy atom. The number of fused-ring (bicyclic) bond motifs is 1. The number of aromatic nitrogens is 1. The van der Waals surface area contributed by atoms with E-state index >= 15 is 0 Å². The number of esters is 1. The topological polar surface area (TPSA) is 68.3 Å². The number of hydrogen-bond donors (Lipinski definition) is 1. The van der Waals surface area contributed by atoms with E-state index in [1.807, 2.05) is 55.5 Å². The van der Waals surface area contributed by atoms with Gasteiger partial charge in [-0.05, 0) is 49.6 Å². The first kappa shape index (κ1) is 23.0. The summed E-state index contributed by atoms with van der Waals surface area (Å²) < 4.78 is 5.20. The van der Waals surface area contributed by atoms with Crippen molar-refractivity contribution in [1.82, 2.24) is 4.98 Å². The second-order valence-corrected chi connectivity index (χ2v) is 9.57. The Bertz CT molecular complexity index is 1320. The zero-order chi connectivity index (χ0) is 23.4. The number of pyridine rings is 1. The fourth-order valence-corrected chi connectivity index (χ4v) is 5.33. The monoisotopic (exact) mass is 476 g/mol. The average Bonchev–Trinajstić information content (AvgIpc) is 3.23. The zero-order valence-corrected chi connectivity index (χ0v) is 20.3. The van der Waals surface area contributed by atoms with Crippen molar-refractivity contribution in [2.45, 2.75) is 25.8 Å². The Balaban J connectivity index is 1.52. The summed E-state index contributed by atoms with van der Waals surface area (Å²) in [7, 11) is 0. The maximum atomic E-state index is 12.8. The Labute approximate surface area is 201 Å². The first-order chi connectivity index (χ1) is 16.0. The van der Waals surface area contributed by atoms with Gasteiger partial charge in [0.2, 0.25) is 5.91 Å². The number of aryl methyl sites for hydroxylation is 2. The highest BCUT2D eigenvalue weighted by Gasteiger charge is 2.20. The molecule has 0 fully saturated rings. The van der Waals surface area contributed by atoms with Crippen molar-refractivity contribution in [3.05, 3.63) is 77.4 Å². The Kier molecular flexibility index (Phi) is 7.11. The molecule has 33 heavy (non-hydrogen) atoms. The molecule has 2 aromatic carbocycles. The molecule has 0 radical (unpaired) electrons. The molecule has 4 rings (SSSR count). The highest BCUT2D eigenvalue weighted by molar-refractivity contribution is 7.99. The molecule has 0 bridgehead atoms. The van der Waals surface area contributed by atoms with Gasteiger partial charge in [0.1, 0.15) is 5.00 Å². The Morgan fingerprint density at radius 1 is 1.03 bits per heavy atom. The molecule has 0 saturated carbocycles. The molecular formula is C26H24N2O3S2. The predicted octanol–water partition coefficient (Wildman–Crippen LogP) is 6.49. The molecule has 1 amide bonds. The minimum Gasteiger partial charge on any atom is -0.462 e. The number of carbonyl (C=O) groups is 2. The van der Waals surface area contributed by atoms with E-state index in [2.05, 4.69) is 18.3 Å². The number of hydrogen-bond acceptors (Lipinski definition) is 6. The van der Waals surface area contributed by atoms with Crippen LogP contribution in [0.3, 0.4) is 0 Å². The summed E-state index contributed by atoms with van der Waals surface area (Å²) in [4.78, 5) is 30.9. The molecule has 5 nitrogen and oxygen atoms in total. The van der Waals surface area contributed by atoms with Crippen LogP contribution in [0.5, 0.6) is 0 Å². The first-order valence-corrected chi connectivity index (χ1v) is 12.4. The molecule has 2 aromatic heterocycles. The van der Waals surface area contributed by atoms with Gasteiger partial charge in [-0.3, -0.25) is 4.79 Å². The number of ether oxygens (including phenoxy) is 1. The van der Waals surface area contributed by atoms with Crippen LogP contribution in [0.15, 0.2) is 65.7 Å². The molecule has 0 aliphatic heterocycles. The highest BCUT2D eigenvalue weighted by Crippen LogP contribution is 2.36. The van der Waals surface area contributed by atoms with Gasteiger partial charge in [0.05, 0.1) is 28.5 Å². The first-order valence-electron chi connectivity index (χ1n) is 10.6. The van der Waals surface area contributed by atoms with Crippen LogP contribution < -0.4 is 5.32 Å². The lowest BCUT2D eigenvalue weighted by molar-refractivity contribution is -0.113. The Hall–Kier alpha value is -3.16. The summed E-state index contributed by atoms with van der Waals surface area (Å²) >= 11 is 2.74. The summed E-state index contributed by atoms with van der Waals surface area (Å²) in [5.41, 5.74) is 4.54. The maximum Gasteiger partial charge on any atom is 0.341 e. The number of rotatable bonds is 7. The average molecular weight is 477 g/mol. The van der Waals surface area contributed by atoms with Crippen molar-refractivity contribution in [3.63, 3.8) is 0 Å². The van der Waals surface area contributed by atoms with E-state index in [1.165, 1.54) is 23.1 Å². The summed E-state index contributed by atoms with van der Waals surface area (Å²) in [6.45, 7) is 6.12. The van der Waals surface area contributed by atoms with Gasteiger partial charge >= 0.3 is 5.97 Å². The second-order valence-electron chi connectivity index (χ2n) is 7.53. The molecule has 1 N–H and O–H groups in total. The summed E-state index contributed by atoms with van der Waals surface area (Å²) in [6, 6.07) is 19.7. The molecule has 0 aliphatic carbocycles. The third-order valence-corrected chi connectivity index (χ3v) is 7.13. The molecule has 4 aromatic rings. The molecule has 0 atom stereocenters. The molecule has 168 valence electrons. The smallest absolute Gasteiger partial charge is 0.341 e. The second kappa shape index (κ2) is 10.2. The minimum atomic E-state index is -0.443. The number of para-hydroxylation sites is 1. The summed E-state index contributed by atoms with van der Waals surface area (Å²) in [5, 5.41) is 5.32. The van der Waals surface area contributed by atoms with E-state index in [9.17, 15) is 9.59 Å². The van der Waals surface area contributed by atoms with Gasteiger partial charge in [-0.2, -0.15) is 0 Å². The molecule has 0 unspecified atom stereocenters. The van der Waals surface area contributed by atoms with Gasteiger partial charge in [-0.1, -0.05) is 60.3 Å². The van der Waals surface area contributed by atoms with Gasteiger partial charge in [0, 0.05) is 10.3 Å². The molecule has 0 spiro atoms. The maximum absolute atomic E-state index is 12.8. The number of thiophene rings is 1. The standard InChI is InChI=1S/C26H24N2O3S2/c1-4-31-26(30)20-14-21(18-10-6-5-7-11-18)33-25(20)27-22(29)15-32-23-13-17(3)19-12-8-9-16(2)24(19)28-23/h5-14H,4,15H2,1-3H3,(H,27,29). The number of carbonyl (C=O) groups excluding carboxylic acids is 2. The van der Waals surface area contributed by atoms with E-state index in [1.54, 1.807) is 13.0 Å². The lowest BCUT2D eigenvalue weighted by Gasteiger charge is -2.09. The molecule has 2 heterocycles. The molecule has 7 heteroatoms. The van der Waals surface area contributed by atoms with Gasteiger partial charge < -0.3 is 10.1 Å². The van der Waals surface area contributed by atoms with Crippen LogP contribution in [-0.2, 0) is 9.53 Å². The third kappa shape index (κ3) is 5.26. The van der Waals surface area contributed by atoms with Gasteiger partial charge in [0.25, 0.3) is 0 Å². The van der Waals surface area contributed by atoms with Crippen LogP contribution in [0.2, 0.25) is 0 Å². The molecule has 0 aliphatic rings. The van der Waals surface area contributed by atoms with E-state index < -0.39 is 5.97 Å². The van der Waals surface area contributed by atoms with Crippen LogP contribution in [-0.4, -0.2) is 29.2 Å². The Morgan fingerprint density at radius 2 is 1.82 bits per heavy atom. The summed E-state index contributed by atoms with van der Waals surface area (Å²) in [5.74, 6) is -0.456. The van der Waals surface area contributed by atoms with Crippen LogP contribution in [0.25, 0.3) is 21.3 Å². The van der Waals surface area contributed by atoms with Crippen LogP contribution in [0.4, 0.5) is 5.00 Å². The number of nitrogens with one attached hydrogen (secondary N) is 1. The van der Waals surface area contributed by atoms with Crippen molar-refractivity contribution < 1.29 is 14.3 Å². The van der Waals surface area contributed by atoms with E-state index in [0.717, 1.165) is 37.5 Å². The predicted molar refractivity (Wildman–Crippen MR) is 136 cm³/mol. The lowest BCUT2D eigenvalue weighted by atomic mass is 10.1. The van der Waals surface area contributed by atoms with Crippen molar-refractivity contribution in [3.8, 4) is 10.4 Å². The number of amides is 1. The fourth-order valence-electron chi connectivity index (χ4n) is 3.50. The lowest BCUT2D eigenvalue weighted by Crippen LogP contribution is -2.16. The summed E-state index contributed by atoms with van der Waals surface area (Å²) in [6.07, 6.45) is 0. The van der Waals surface area contributed by atoms with Gasteiger partial charge in [-0.15, -0.1) is 11.3 Å². The fraction of sp³-hybridized carbons (Fsp3) is 0.192. The third-order valence-electron chi connectivity index (χ3n) is 5.11. The number of anilines is 1. The van der Waals surface area contributed by atoms with Crippen molar-refractivity contribution in [2.24, 2.45) is 0 Å². The number of nitrogens with zero attached hydrogens (tertiary/aromatic N) is 1.